The van der Waals surface area contributed by atoms with Crippen LogP contribution < -0.4 is 0 Å². The third-order valence-electron chi connectivity index (χ3n) is 4.47. The molecule has 0 saturated heterocycles. The topological polar surface area (TPSA) is 17.8 Å². The van der Waals surface area contributed by atoms with Gasteiger partial charge in [0.15, 0.2) is 0 Å². The van der Waals surface area contributed by atoms with Crippen LogP contribution in [0.3, 0.4) is 0 Å². The Kier molecular flexibility index (Phi) is 4.55. The molecule has 21 heavy (non-hydrogen) atoms. The van der Waals surface area contributed by atoms with Gasteiger partial charge >= 0.3 is 0 Å². The monoisotopic (exact) mass is 372 g/mol. The number of benzene rings is 1. The number of rotatable bonds is 3. The average molecular weight is 374 g/mol. The summed E-state index contributed by atoms with van der Waals surface area (Å²) in [6.45, 7) is 3.21. The number of hydrogen-bond acceptors (Lipinski definition) is 1. The summed E-state index contributed by atoms with van der Waals surface area (Å²) in [6, 6.07) is 3.30. The highest BCUT2D eigenvalue weighted by Crippen LogP contribution is 2.32. The van der Waals surface area contributed by atoms with Crippen LogP contribution in [0, 0.1) is 17.7 Å². The van der Waals surface area contributed by atoms with Crippen molar-refractivity contribution in [1.82, 2.24) is 9.55 Å². The molecule has 1 aliphatic carbocycles. The number of halogens is 3. The predicted molar refractivity (Wildman–Crippen MR) is 88.1 cm³/mol. The van der Waals surface area contributed by atoms with Gasteiger partial charge in [0.05, 0.1) is 21.4 Å². The van der Waals surface area contributed by atoms with E-state index in [-0.39, 0.29) is 5.82 Å². The largest absolute Gasteiger partial charge is 0.327 e. The molecule has 1 aliphatic rings. The average Bonchev–Trinajstić information content (AvgIpc) is 2.77. The molecule has 2 atom stereocenters. The van der Waals surface area contributed by atoms with Gasteiger partial charge < -0.3 is 4.57 Å². The standard InChI is InChI=1S/C16H19BrClFN2/c1-10-3-2-4-11(5-10)9-21-15-7-13(19)12(17)6-14(15)20-16(21)8-18/h6-7,10-11H,2-5,8-9H2,1H3. The molecule has 5 heteroatoms. The zero-order valence-corrected chi connectivity index (χ0v) is 14.4. The Hall–Kier alpha value is -0.610. The minimum absolute atomic E-state index is 0.248. The van der Waals surface area contributed by atoms with E-state index in [0.717, 1.165) is 29.3 Å². The maximum Gasteiger partial charge on any atom is 0.139 e. The molecular formula is C16H19BrClFN2. The van der Waals surface area contributed by atoms with Crippen molar-refractivity contribution in [2.75, 3.05) is 0 Å². The van der Waals surface area contributed by atoms with Crippen molar-refractivity contribution in [2.24, 2.45) is 11.8 Å². The predicted octanol–water partition coefficient (Wildman–Crippen LogP) is 5.50. The molecule has 1 heterocycles. The normalized spacial score (nSPS) is 22.9. The van der Waals surface area contributed by atoms with Gasteiger partial charge in [-0.25, -0.2) is 9.37 Å². The van der Waals surface area contributed by atoms with Crippen molar-refractivity contribution < 1.29 is 4.39 Å². The number of nitrogens with zero attached hydrogens (tertiary/aromatic N) is 2. The van der Waals surface area contributed by atoms with Crippen molar-refractivity contribution >= 4 is 38.6 Å². The molecule has 2 unspecified atom stereocenters. The maximum absolute atomic E-state index is 13.9. The third kappa shape index (κ3) is 3.11. The van der Waals surface area contributed by atoms with Crippen LogP contribution in [-0.4, -0.2) is 9.55 Å². The summed E-state index contributed by atoms with van der Waals surface area (Å²) in [6.07, 6.45) is 5.09. The number of aromatic nitrogens is 2. The summed E-state index contributed by atoms with van der Waals surface area (Å²) in [5.41, 5.74) is 1.66. The molecule has 3 rings (SSSR count). The molecule has 1 fully saturated rings. The van der Waals surface area contributed by atoms with Gasteiger partial charge in [-0.2, -0.15) is 0 Å². The molecule has 1 aromatic heterocycles. The van der Waals surface area contributed by atoms with E-state index in [0.29, 0.717) is 16.3 Å². The van der Waals surface area contributed by atoms with Gasteiger partial charge in [0, 0.05) is 12.6 Å². The van der Waals surface area contributed by atoms with E-state index >= 15 is 0 Å². The van der Waals surface area contributed by atoms with E-state index in [1.165, 1.54) is 25.7 Å². The Bertz CT molecular complexity index is 655. The Balaban J connectivity index is 1.97. The van der Waals surface area contributed by atoms with Crippen molar-refractivity contribution in [3.8, 4) is 0 Å². The fourth-order valence-corrected chi connectivity index (χ4v) is 3.99. The van der Waals surface area contributed by atoms with Crippen LogP contribution in [0.1, 0.15) is 38.4 Å². The van der Waals surface area contributed by atoms with Crippen LogP contribution in [0.15, 0.2) is 16.6 Å². The second-order valence-electron chi connectivity index (χ2n) is 6.17. The molecule has 0 radical (unpaired) electrons. The minimum Gasteiger partial charge on any atom is -0.327 e. The van der Waals surface area contributed by atoms with Crippen LogP contribution in [0.5, 0.6) is 0 Å². The summed E-state index contributed by atoms with van der Waals surface area (Å²) in [5.74, 6) is 2.36. The van der Waals surface area contributed by atoms with Crippen molar-refractivity contribution in [3.05, 3.63) is 28.2 Å². The van der Waals surface area contributed by atoms with Gasteiger partial charge in [0.25, 0.3) is 0 Å². The highest BCUT2D eigenvalue weighted by Gasteiger charge is 2.22. The summed E-state index contributed by atoms with van der Waals surface area (Å²) in [4.78, 5) is 4.55. The molecular weight excluding hydrogens is 355 g/mol. The first kappa shape index (κ1) is 15.3. The minimum atomic E-state index is -0.248. The van der Waals surface area contributed by atoms with E-state index in [9.17, 15) is 4.39 Å². The Morgan fingerprint density at radius 3 is 2.95 bits per heavy atom. The Morgan fingerprint density at radius 2 is 2.24 bits per heavy atom. The van der Waals surface area contributed by atoms with E-state index in [1.807, 2.05) is 0 Å². The first-order valence-electron chi connectivity index (χ1n) is 7.48. The fraction of sp³-hybridized carbons (Fsp3) is 0.562. The van der Waals surface area contributed by atoms with Gasteiger partial charge in [0.2, 0.25) is 0 Å². The van der Waals surface area contributed by atoms with Crippen LogP contribution >= 0.6 is 27.5 Å². The lowest BCUT2D eigenvalue weighted by Gasteiger charge is -2.27. The van der Waals surface area contributed by atoms with Crippen molar-refractivity contribution in [1.29, 1.82) is 0 Å². The molecule has 1 saturated carbocycles. The molecule has 2 aromatic rings. The quantitative estimate of drug-likeness (QED) is 0.649. The molecule has 0 N–H and O–H groups in total. The Morgan fingerprint density at radius 1 is 1.43 bits per heavy atom. The number of imidazole rings is 1. The zero-order chi connectivity index (χ0) is 15.0. The molecule has 1 aromatic carbocycles. The fourth-order valence-electron chi connectivity index (χ4n) is 3.46. The highest BCUT2D eigenvalue weighted by atomic mass is 79.9. The smallest absolute Gasteiger partial charge is 0.139 e. The SMILES string of the molecule is CC1CCCC(Cn2c(CCl)nc3cc(Br)c(F)cc32)C1. The second-order valence-corrected chi connectivity index (χ2v) is 7.29. The lowest BCUT2D eigenvalue weighted by molar-refractivity contribution is 0.257. The molecule has 114 valence electrons. The Labute approximate surface area is 137 Å². The second kappa shape index (κ2) is 6.25. The molecule has 2 nitrogen and oxygen atoms in total. The first-order chi connectivity index (χ1) is 10.1. The van der Waals surface area contributed by atoms with Gasteiger partial charge in [-0.1, -0.05) is 19.8 Å². The van der Waals surface area contributed by atoms with E-state index in [4.69, 9.17) is 11.6 Å². The highest BCUT2D eigenvalue weighted by molar-refractivity contribution is 9.10. The zero-order valence-electron chi connectivity index (χ0n) is 12.1. The lowest BCUT2D eigenvalue weighted by Crippen LogP contribution is -2.19. The third-order valence-corrected chi connectivity index (χ3v) is 5.32. The molecule has 0 spiro atoms. The van der Waals surface area contributed by atoms with Crippen molar-refractivity contribution in [3.63, 3.8) is 0 Å². The first-order valence-corrected chi connectivity index (χ1v) is 8.81. The van der Waals surface area contributed by atoms with Gasteiger partial charge in [-0.05, 0) is 46.7 Å². The molecule has 0 bridgehead atoms. The lowest BCUT2D eigenvalue weighted by atomic mass is 9.82. The maximum atomic E-state index is 13.9. The summed E-state index contributed by atoms with van der Waals surface area (Å²) in [5, 5.41) is 0. The molecule has 0 amide bonds. The number of fused-ring (bicyclic) bond motifs is 1. The van der Waals surface area contributed by atoms with Gasteiger partial charge in [-0.15, -0.1) is 11.6 Å². The van der Waals surface area contributed by atoms with Crippen LogP contribution in [0.4, 0.5) is 4.39 Å². The van der Waals surface area contributed by atoms with E-state index < -0.39 is 0 Å². The summed E-state index contributed by atoms with van der Waals surface area (Å²) < 4.78 is 16.4. The van der Waals surface area contributed by atoms with E-state index in [1.54, 1.807) is 12.1 Å². The van der Waals surface area contributed by atoms with Crippen LogP contribution in [0.2, 0.25) is 0 Å². The van der Waals surface area contributed by atoms with Gasteiger partial charge in [0.1, 0.15) is 11.6 Å². The van der Waals surface area contributed by atoms with Gasteiger partial charge in [-0.3, -0.25) is 0 Å². The summed E-state index contributed by atoms with van der Waals surface area (Å²) in [7, 11) is 0. The number of hydrogen-bond donors (Lipinski definition) is 0. The van der Waals surface area contributed by atoms with Crippen LogP contribution in [-0.2, 0) is 12.4 Å². The number of alkyl halides is 1. The van der Waals surface area contributed by atoms with Crippen molar-refractivity contribution in [2.45, 2.75) is 45.0 Å². The summed E-state index contributed by atoms with van der Waals surface area (Å²) >= 11 is 9.26. The van der Waals surface area contributed by atoms with Crippen LogP contribution in [0.25, 0.3) is 11.0 Å². The molecule has 0 aliphatic heterocycles. The van der Waals surface area contributed by atoms with E-state index in [2.05, 4.69) is 32.4 Å².